The molecule has 2 aromatic carbocycles. The number of anilines is 1. The van der Waals surface area contributed by atoms with Crippen molar-refractivity contribution in [1.82, 2.24) is 0 Å². The number of rotatable bonds is 11. The van der Waals surface area contributed by atoms with Gasteiger partial charge in [0.05, 0.1) is 33.5 Å². The largest absolute Gasteiger partial charge is 0.497 e. The van der Waals surface area contributed by atoms with Gasteiger partial charge in [0.25, 0.3) is 5.91 Å². The molecule has 0 aliphatic heterocycles. The van der Waals surface area contributed by atoms with E-state index < -0.39 is 18.5 Å². The average Bonchev–Trinajstić information content (AvgIpc) is 2.77. The maximum Gasteiger partial charge on any atom is 0.338 e. The summed E-state index contributed by atoms with van der Waals surface area (Å²) >= 11 is 0. The Morgan fingerprint density at radius 3 is 2.20 bits per heavy atom. The van der Waals surface area contributed by atoms with Gasteiger partial charge in [0.1, 0.15) is 11.5 Å². The van der Waals surface area contributed by atoms with E-state index in [9.17, 15) is 9.59 Å². The summed E-state index contributed by atoms with van der Waals surface area (Å²) in [5, 5.41) is 2.64. The summed E-state index contributed by atoms with van der Waals surface area (Å²) in [5.41, 5.74) is 0.716. The van der Waals surface area contributed by atoms with Crippen LogP contribution in [0.4, 0.5) is 5.69 Å². The molecule has 0 aromatic heterocycles. The molecule has 2 aromatic rings. The van der Waals surface area contributed by atoms with Gasteiger partial charge >= 0.3 is 5.97 Å². The number of carbonyl (C=O) groups excluding carboxylic acids is 2. The molecule has 0 aliphatic carbocycles. The Kier molecular flexibility index (Phi) is 8.80. The lowest BCUT2D eigenvalue weighted by molar-refractivity contribution is -0.119. The van der Waals surface area contributed by atoms with Gasteiger partial charge in [-0.1, -0.05) is 13.3 Å². The molecular formula is C22H27NO7. The molecule has 0 bridgehead atoms. The topological polar surface area (TPSA) is 92.3 Å². The normalized spacial score (nSPS) is 10.1. The number of unbranched alkanes of at least 4 members (excludes halogenated alkanes) is 1. The van der Waals surface area contributed by atoms with Gasteiger partial charge < -0.3 is 29.0 Å². The van der Waals surface area contributed by atoms with E-state index in [1.807, 2.05) is 0 Å². The van der Waals surface area contributed by atoms with Gasteiger partial charge in [-0.2, -0.15) is 0 Å². The lowest BCUT2D eigenvalue weighted by Gasteiger charge is -2.12. The summed E-state index contributed by atoms with van der Waals surface area (Å²) in [6.07, 6.45) is 1.93. The Labute approximate surface area is 176 Å². The van der Waals surface area contributed by atoms with Gasteiger partial charge in [0.2, 0.25) is 0 Å². The molecule has 0 fully saturated rings. The molecule has 0 atom stereocenters. The minimum Gasteiger partial charge on any atom is -0.497 e. The molecule has 0 heterocycles. The van der Waals surface area contributed by atoms with Crippen LogP contribution in [-0.4, -0.2) is 46.4 Å². The van der Waals surface area contributed by atoms with Crippen molar-refractivity contribution in [2.45, 2.75) is 19.8 Å². The Bertz CT molecular complexity index is 844. The standard InChI is InChI=1S/C22H27NO7/c1-5-6-9-29-19-8-7-15(10-20(19)28-4)22(25)30-14-21(24)23-16-11-17(26-2)13-18(12-16)27-3/h7-8,10-13H,5-6,9,14H2,1-4H3,(H,23,24). The molecule has 8 heteroatoms. The Morgan fingerprint density at radius 1 is 0.900 bits per heavy atom. The van der Waals surface area contributed by atoms with Crippen molar-refractivity contribution in [2.24, 2.45) is 0 Å². The molecule has 8 nitrogen and oxygen atoms in total. The summed E-state index contributed by atoms with van der Waals surface area (Å²) in [5.74, 6) is 0.877. The lowest BCUT2D eigenvalue weighted by atomic mass is 10.2. The van der Waals surface area contributed by atoms with E-state index in [0.717, 1.165) is 12.8 Å². The molecule has 0 saturated carbocycles. The molecule has 162 valence electrons. The quantitative estimate of drug-likeness (QED) is 0.440. The van der Waals surface area contributed by atoms with Crippen molar-refractivity contribution in [3.8, 4) is 23.0 Å². The van der Waals surface area contributed by atoms with Crippen molar-refractivity contribution < 1.29 is 33.3 Å². The maximum absolute atomic E-state index is 12.3. The third kappa shape index (κ3) is 6.58. The van der Waals surface area contributed by atoms with E-state index in [-0.39, 0.29) is 5.56 Å². The number of esters is 1. The average molecular weight is 417 g/mol. The van der Waals surface area contributed by atoms with Crippen LogP contribution in [0.2, 0.25) is 0 Å². The maximum atomic E-state index is 12.3. The lowest BCUT2D eigenvalue weighted by Crippen LogP contribution is -2.21. The van der Waals surface area contributed by atoms with Crippen LogP contribution in [-0.2, 0) is 9.53 Å². The highest BCUT2D eigenvalue weighted by molar-refractivity contribution is 5.96. The molecule has 1 amide bonds. The minimum absolute atomic E-state index is 0.255. The second-order valence-electron chi connectivity index (χ2n) is 6.29. The van der Waals surface area contributed by atoms with Gasteiger partial charge in [-0.05, 0) is 24.6 Å². The van der Waals surface area contributed by atoms with Crippen molar-refractivity contribution in [3.05, 3.63) is 42.0 Å². The van der Waals surface area contributed by atoms with Gasteiger partial charge in [0.15, 0.2) is 18.1 Å². The van der Waals surface area contributed by atoms with E-state index >= 15 is 0 Å². The fourth-order valence-corrected chi connectivity index (χ4v) is 2.53. The third-order valence-corrected chi connectivity index (χ3v) is 4.12. The highest BCUT2D eigenvalue weighted by Crippen LogP contribution is 2.29. The van der Waals surface area contributed by atoms with Crippen molar-refractivity contribution in [1.29, 1.82) is 0 Å². The van der Waals surface area contributed by atoms with Gasteiger partial charge in [0, 0.05) is 23.9 Å². The number of amides is 1. The summed E-state index contributed by atoms with van der Waals surface area (Å²) in [7, 11) is 4.51. The van der Waals surface area contributed by atoms with Crippen LogP contribution >= 0.6 is 0 Å². The van der Waals surface area contributed by atoms with Crippen LogP contribution in [0.1, 0.15) is 30.1 Å². The van der Waals surface area contributed by atoms with Crippen molar-refractivity contribution in [3.63, 3.8) is 0 Å². The molecule has 0 spiro atoms. The number of benzene rings is 2. The van der Waals surface area contributed by atoms with Gasteiger partial charge in [-0.25, -0.2) is 4.79 Å². The van der Waals surface area contributed by atoms with Crippen LogP contribution in [0, 0.1) is 0 Å². The third-order valence-electron chi connectivity index (χ3n) is 4.12. The first-order valence-electron chi connectivity index (χ1n) is 9.51. The Balaban J connectivity index is 1.95. The molecule has 1 N–H and O–H groups in total. The van der Waals surface area contributed by atoms with Crippen LogP contribution < -0.4 is 24.3 Å². The number of carbonyl (C=O) groups is 2. The number of methoxy groups -OCH3 is 3. The van der Waals surface area contributed by atoms with Gasteiger partial charge in [-0.3, -0.25) is 4.79 Å². The Hall–Kier alpha value is -3.42. The molecule has 0 aliphatic rings. The van der Waals surface area contributed by atoms with Gasteiger partial charge in [-0.15, -0.1) is 0 Å². The molecule has 0 saturated heterocycles. The fourth-order valence-electron chi connectivity index (χ4n) is 2.53. The predicted molar refractivity (Wildman–Crippen MR) is 112 cm³/mol. The first-order valence-corrected chi connectivity index (χ1v) is 9.51. The van der Waals surface area contributed by atoms with Crippen molar-refractivity contribution >= 4 is 17.6 Å². The zero-order valence-electron chi connectivity index (χ0n) is 17.7. The first kappa shape index (κ1) is 22.9. The number of hydrogen-bond acceptors (Lipinski definition) is 7. The smallest absolute Gasteiger partial charge is 0.338 e. The van der Waals surface area contributed by atoms with Crippen LogP contribution in [0.5, 0.6) is 23.0 Å². The van der Waals surface area contributed by atoms with E-state index in [4.69, 9.17) is 23.7 Å². The van der Waals surface area contributed by atoms with Crippen LogP contribution in [0.25, 0.3) is 0 Å². The first-order chi connectivity index (χ1) is 14.5. The fraction of sp³-hybridized carbons (Fsp3) is 0.364. The zero-order chi connectivity index (χ0) is 21.9. The number of hydrogen-bond donors (Lipinski definition) is 1. The van der Waals surface area contributed by atoms with E-state index in [1.165, 1.54) is 27.4 Å². The van der Waals surface area contributed by atoms with Crippen LogP contribution in [0.15, 0.2) is 36.4 Å². The molecular weight excluding hydrogens is 390 g/mol. The summed E-state index contributed by atoms with van der Waals surface area (Å²) in [6.45, 7) is 2.18. The molecule has 0 radical (unpaired) electrons. The van der Waals surface area contributed by atoms with E-state index in [2.05, 4.69) is 12.2 Å². The van der Waals surface area contributed by atoms with Crippen molar-refractivity contribution in [2.75, 3.05) is 39.9 Å². The molecule has 2 rings (SSSR count). The SMILES string of the molecule is CCCCOc1ccc(C(=O)OCC(=O)Nc2cc(OC)cc(OC)c2)cc1OC. The number of ether oxygens (including phenoxy) is 5. The highest BCUT2D eigenvalue weighted by atomic mass is 16.5. The molecule has 0 unspecified atom stereocenters. The summed E-state index contributed by atoms with van der Waals surface area (Å²) in [4.78, 5) is 24.5. The zero-order valence-corrected chi connectivity index (χ0v) is 17.7. The van der Waals surface area contributed by atoms with E-state index in [0.29, 0.717) is 35.3 Å². The van der Waals surface area contributed by atoms with Crippen LogP contribution in [0.3, 0.4) is 0 Å². The predicted octanol–water partition coefficient (Wildman–Crippen LogP) is 3.69. The number of nitrogens with one attached hydrogen (secondary N) is 1. The second kappa shape index (κ2) is 11.5. The minimum atomic E-state index is -0.646. The highest BCUT2D eigenvalue weighted by Gasteiger charge is 2.14. The monoisotopic (exact) mass is 417 g/mol. The second-order valence-corrected chi connectivity index (χ2v) is 6.29. The summed E-state index contributed by atoms with van der Waals surface area (Å²) in [6, 6.07) is 9.67. The molecule has 30 heavy (non-hydrogen) atoms. The Morgan fingerprint density at radius 2 is 1.60 bits per heavy atom. The van der Waals surface area contributed by atoms with E-state index in [1.54, 1.807) is 30.3 Å². The summed E-state index contributed by atoms with van der Waals surface area (Å²) < 4.78 is 26.3.